The predicted octanol–water partition coefficient (Wildman–Crippen LogP) is 1.72. The number of benzene rings is 1. The zero-order valence-electron chi connectivity index (χ0n) is 15.6. The third kappa shape index (κ3) is 3.92. The van der Waals surface area contributed by atoms with Crippen molar-refractivity contribution in [3.63, 3.8) is 0 Å². The maximum atomic E-state index is 12.9. The van der Waals surface area contributed by atoms with E-state index in [2.05, 4.69) is 4.90 Å². The number of piperazine rings is 1. The summed E-state index contributed by atoms with van der Waals surface area (Å²) >= 11 is 0. The summed E-state index contributed by atoms with van der Waals surface area (Å²) in [6.45, 7) is 3.64. The van der Waals surface area contributed by atoms with E-state index < -0.39 is 0 Å². The van der Waals surface area contributed by atoms with Crippen LogP contribution >= 0.6 is 12.4 Å². The Bertz CT molecular complexity index is 818. The van der Waals surface area contributed by atoms with Crippen molar-refractivity contribution >= 4 is 29.9 Å². The van der Waals surface area contributed by atoms with Crippen molar-refractivity contribution in [3.05, 3.63) is 54.0 Å². The Morgan fingerprint density at radius 2 is 1.82 bits per heavy atom. The number of carbonyl (C=O) groups excluding carboxylic acids is 2. The minimum absolute atomic E-state index is 0. The lowest BCUT2D eigenvalue weighted by molar-refractivity contribution is -0.122. The van der Waals surface area contributed by atoms with Crippen LogP contribution in [0.1, 0.15) is 22.5 Å². The first-order valence-corrected chi connectivity index (χ1v) is 9.34. The van der Waals surface area contributed by atoms with Gasteiger partial charge in [0.1, 0.15) is 12.0 Å². The number of halogens is 1. The van der Waals surface area contributed by atoms with Gasteiger partial charge in [0.15, 0.2) is 0 Å². The summed E-state index contributed by atoms with van der Waals surface area (Å²) in [4.78, 5) is 31.3. The number of hydrogen-bond donors (Lipinski definition) is 1. The molecule has 8 heteroatoms. The highest BCUT2D eigenvalue weighted by Gasteiger charge is 2.38. The molecule has 0 spiro atoms. The smallest absolute Gasteiger partial charge is 0.257 e. The molecule has 2 aliphatic heterocycles. The quantitative estimate of drug-likeness (QED) is 0.839. The van der Waals surface area contributed by atoms with Gasteiger partial charge in [-0.25, -0.2) is 0 Å². The Balaban J connectivity index is 0.00000225. The van der Waals surface area contributed by atoms with Crippen LogP contribution in [0.15, 0.2) is 47.1 Å². The van der Waals surface area contributed by atoms with Crippen LogP contribution in [0.2, 0.25) is 0 Å². The molecule has 7 nitrogen and oxygen atoms in total. The van der Waals surface area contributed by atoms with Gasteiger partial charge in [0, 0.05) is 38.4 Å². The monoisotopic (exact) mass is 404 g/mol. The fourth-order valence-corrected chi connectivity index (χ4v) is 3.89. The van der Waals surface area contributed by atoms with Crippen LogP contribution in [0.25, 0.3) is 0 Å². The lowest BCUT2D eigenvalue weighted by Gasteiger charge is -2.37. The molecular formula is C20H25ClN4O3. The Hall–Kier alpha value is -2.35. The Kier molecular flexibility index (Phi) is 6.39. The van der Waals surface area contributed by atoms with E-state index in [0.29, 0.717) is 37.5 Å². The van der Waals surface area contributed by atoms with Crippen LogP contribution in [-0.4, -0.2) is 60.4 Å². The highest BCUT2D eigenvalue weighted by atomic mass is 35.5. The number of furan rings is 1. The third-order valence-corrected chi connectivity index (χ3v) is 5.39. The molecule has 0 radical (unpaired) electrons. The molecule has 3 heterocycles. The Labute approximate surface area is 170 Å². The Morgan fingerprint density at radius 1 is 1.11 bits per heavy atom. The number of para-hydroxylation sites is 1. The summed E-state index contributed by atoms with van der Waals surface area (Å²) in [5.41, 5.74) is 7.03. The van der Waals surface area contributed by atoms with Gasteiger partial charge in [0.2, 0.25) is 5.91 Å². The van der Waals surface area contributed by atoms with Gasteiger partial charge in [-0.1, -0.05) is 18.2 Å². The average molecular weight is 405 g/mol. The molecule has 0 aliphatic carbocycles. The largest absolute Gasteiger partial charge is 0.467 e. The van der Waals surface area contributed by atoms with Gasteiger partial charge < -0.3 is 20.0 Å². The van der Waals surface area contributed by atoms with E-state index in [1.165, 1.54) is 6.26 Å². The number of nitrogens with two attached hydrogens (primary N) is 1. The number of carbonyl (C=O) groups is 2. The molecule has 150 valence electrons. The van der Waals surface area contributed by atoms with E-state index in [9.17, 15) is 9.59 Å². The number of hydrogen-bond acceptors (Lipinski definition) is 5. The lowest BCUT2D eigenvalue weighted by Crippen LogP contribution is -2.53. The zero-order valence-corrected chi connectivity index (χ0v) is 16.4. The first-order valence-electron chi connectivity index (χ1n) is 9.34. The summed E-state index contributed by atoms with van der Waals surface area (Å²) in [6.07, 6.45) is 2.29. The van der Waals surface area contributed by atoms with Crippen molar-refractivity contribution < 1.29 is 14.0 Å². The maximum absolute atomic E-state index is 12.9. The van der Waals surface area contributed by atoms with Gasteiger partial charge >= 0.3 is 0 Å². The normalized spacial score (nSPS) is 20.3. The fourth-order valence-electron chi connectivity index (χ4n) is 3.89. The summed E-state index contributed by atoms with van der Waals surface area (Å²) in [5.74, 6) is 0.722. The first-order chi connectivity index (χ1) is 13.2. The molecule has 2 saturated heterocycles. The van der Waals surface area contributed by atoms with Crippen LogP contribution in [0.4, 0.5) is 5.69 Å². The second-order valence-electron chi connectivity index (χ2n) is 6.96. The number of amides is 2. The van der Waals surface area contributed by atoms with Gasteiger partial charge in [0.25, 0.3) is 5.91 Å². The zero-order chi connectivity index (χ0) is 18.8. The molecule has 4 rings (SSSR count). The van der Waals surface area contributed by atoms with Gasteiger partial charge in [-0.2, -0.15) is 0 Å². The molecule has 2 amide bonds. The standard InChI is InChI=1S/C20H24N4O3.ClH/c21-13-17-12-15(14-27-17)19(25)23-10-8-22(9-11-23)18-6-7-24(20(18)26)16-4-2-1-3-5-16;/h1-5,12,14,18H,6-11,13,21H2;1H. The van der Waals surface area contributed by atoms with Crippen molar-refractivity contribution in [1.29, 1.82) is 0 Å². The highest BCUT2D eigenvalue weighted by molar-refractivity contribution is 5.99. The number of nitrogens with zero attached hydrogens (tertiary/aromatic N) is 3. The van der Waals surface area contributed by atoms with E-state index in [1.807, 2.05) is 40.1 Å². The molecule has 1 atom stereocenters. The van der Waals surface area contributed by atoms with Crippen molar-refractivity contribution in [2.75, 3.05) is 37.6 Å². The average Bonchev–Trinajstić information content (AvgIpc) is 3.35. The minimum Gasteiger partial charge on any atom is -0.467 e. The van der Waals surface area contributed by atoms with E-state index >= 15 is 0 Å². The van der Waals surface area contributed by atoms with Crippen LogP contribution < -0.4 is 10.6 Å². The molecular weight excluding hydrogens is 380 g/mol. The lowest BCUT2D eigenvalue weighted by atomic mass is 10.1. The summed E-state index contributed by atoms with van der Waals surface area (Å²) in [6, 6.07) is 11.4. The summed E-state index contributed by atoms with van der Waals surface area (Å²) < 4.78 is 5.26. The molecule has 0 saturated carbocycles. The van der Waals surface area contributed by atoms with Crippen molar-refractivity contribution in [1.82, 2.24) is 9.80 Å². The van der Waals surface area contributed by atoms with Crippen LogP contribution in [0.3, 0.4) is 0 Å². The van der Waals surface area contributed by atoms with Crippen LogP contribution in [0.5, 0.6) is 0 Å². The highest BCUT2D eigenvalue weighted by Crippen LogP contribution is 2.25. The molecule has 1 unspecified atom stereocenters. The van der Waals surface area contributed by atoms with Gasteiger partial charge in [-0.3, -0.25) is 14.5 Å². The molecule has 2 N–H and O–H groups in total. The van der Waals surface area contributed by atoms with Crippen molar-refractivity contribution in [3.8, 4) is 0 Å². The van der Waals surface area contributed by atoms with Gasteiger partial charge in [-0.05, 0) is 24.6 Å². The second-order valence-corrected chi connectivity index (χ2v) is 6.96. The van der Waals surface area contributed by atoms with Gasteiger partial charge in [-0.15, -0.1) is 12.4 Å². The first kappa shape index (κ1) is 20.4. The molecule has 2 aromatic rings. The molecule has 0 bridgehead atoms. The third-order valence-electron chi connectivity index (χ3n) is 5.39. The number of anilines is 1. The van der Waals surface area contributed by atoms with E-state index in [4.69, 9.17) is 10.2 Å². The van der Waals surface area contributed by atoms with Crippen molar-refractivity contribution in [2.45, 2.75) is 19.0 Å². The molecule has 28 heavy (non-hydrogen) atoms. The minimum atomic E-state index is -0.0970. The molecule has 1 aromatic carbocycles. The molecule has 2 aliphatic rings. The second kappa shape index (κ2) is 8.77. The molecule has 2 fully saturated rings. The van der Waals surface area contributed by atoms with Crippen molar-refractivity contribution in [2.24, 2.45) is 5.73 Å². The maximum Gasteiger partial charge on any atom is 0.257 e. The predicted molar refractivity (Wildman–Crippen MR) is 109 cm³/mol. The van der Waals surface area contributed by atoms with E-state index in [-0.39, 0.29) is 36.8 Å². The summed E-state index contributed by atoms with van der Waals surface area (Å²) in [5, 5.41) is 0. The van der Waals surface area contributed by atoms with Crippen LogP contribution in [-0.2, 0) is 11.3 Å². The van der Waals surface area contributed by atoms with Crippen LogP contribution in [0, 0.1) is 0 Å². The number of rotatable bonds is 4. The van der Waals surface area contributed by atoms with E-state index in [0.717, 1.165) is 18.7 Å². The Morgan fingerprint density at radius 3 is 2.46 bits per heavy atom. The van der Waals surface area contributed by atoms with E-state index in [1.54, 1.807) is 6.07 Å². The SMILES string of the molecule is Cl.NCc1cc(C(=O)N2CCN(C3CCN(c4ccccc4)C3=O)CC2)co1. The topological polar surface area (TPSA) is 83.0 Å². The van der Waals surface area contributed by atoms with Gasteiger partial charge in [0.05, 0.1) is 18.2 Å². The summed E-state index contributed by atoms with van der Waals surface area (Å²) in [7, 11) is 0. The fraction of sp³-hybridized carbons (Fsp3) is 0.400. The molecule has 1 aromatic heterocycles.